The maximum atomic E-state index is 11.6. The number of rotatable bonds is 6. The molecular weight excluding hydrogens is 242 g/mol. The lowest BCUT2D eigenvalue weighted by molar-refractivity contribution is -0.119. The van der Waals surface area contributed by atoms with Crippen LogP contribution in [0.2, 0.25) is 0 Å². The molecule has 0 aromatic carbocycles. The van der Waals surface area contributed by atoms with Crippen molar-refractivity contribution in [2.45, 2.75) is 38.6 Å². The molecule has 0 radical (unpaired) electrons. The summed E-state index contributed by atoms with van der Waals surface area (Å²) in [7, 11) is 1.82. The summed E-state index contributed by atoms with van der Waals surface area (Å²) in [6.07, 6.45) is 2.20. The normalized spacial score (nSPS) is 14.3. The second-order valence-corrected chi connectivity index (χ2v) is 5.10. The molecule has 0 aliphatic heterocycles. The lowest BCUT2D eigenvalue weighted by Crippen LogP contribution is -2.31. The number of carbonyl (C=O) groups is 1. The zero-order chi connectivity index (χ0) is 13.8. The first-order valence-corrected chi connectivity index (χ1v) is 6.68. The summed E-state index contributed by atoms with van der Waals surface area (Å²) < 4.78 is 0. The molecule has 1 saturated carbocycles. The minimum absolute atomic E-state index is 0.0122. The summed E-state index contributed by atoms with van der Waals surface area (Å²) in [6, 6.07) is 2.19. The van der Waals surface area contributed by atoms with Crippen molar-refractivity contribution in [2.75, 3.05) is 24.2 Å². The Morgan fingerprint density at radius 2 is 2.05 bits per heavy atom. The Morgan fingerprint density at radius 3 is 2.63 bits per heavy atom. The highest BCUT2D eigenvalue weighted by Crippen LogP contribution is 2.19. The third-order valence-corrected chi connectivity index (χ3v) is 2.89. The van der Waals surface area contributed by atoms with Crippen molar-refractivity contribution < 1.29 is 4.79 Å². The monoisotopic (exact) mass is 263 g/mol. The molecule has 1 aromatic heterocycles. The zero-order valence-corrected chi connectivity index (χ0v) is 11.7. The molecule has 6 heteroatoms. The Kier molecular flexibility index (Phi) is 4.19. The average Bonchev–Trinajstić information content (AvgIpc) is 3.19. The van der Waals surface area contributed by atoms with Crippen LogP contribution in [0.25, 0.3) is 0 Å². The van der Waals surface area contributed by atoms with Crippen molar-refractivity contribution in [1.82, 2.24) is 15.3 Å². The molecule has 1 amide bonds. The van der Waals surface area contributed by atoms with Gasteiger partial charge in [0.1, 0.15) is 17.5 Å². The number of nitrogens with zero attached hydrogens (tertiary/aromatic N) is 2. The van der Waals surface area contributed by atoms with Crippen molar-refractivity contribution in [3.8, 4) is 0 Å². The number of hydrogen-bond donors (Lipinski definition) is 3. The van der Waals surface area contributed by atoms with E-state index in [0.717, 1.165) is 24.5 Å². The molecule has 1 heterocycles. The van der Waals surface area contributed by atoms with E-state index in [9.17, 15) is 4.79 Å². The topological polar surface area (TPSA) is 78.9 Å². The number of carbonyl (C=O) groups excluding carboxylic acids is 1. The molecule has 1 aromatic rings. The number of nitrogens with one attached hydrogen (secondary N) is 3. The molecule has 1 aliphatic carbocycles. The van der Waals surface area contributed by atoms with Gasteiger partial charge in [0.25, 0.3) is 0 Å². The predicted octanol–water partition coefficient (Wildman–Crippen LogP) is 1.33. The van der Waals surface area contributed by atoms with Gasteiger partial charge in [0.05, 0.1) is 6.54 Å². The lowest BCUT2D eigenvalue weighted by atomic mass is 10.2. The Hall–Kier alpha value is -1.85. The van der Waals surface area contributed by atoms with Gasteiger partial charge >= 0.3 is 0 Å². The molecular formula is C13H21N5O. The summed E-state index contributed by atoms with van der Waals surface area (Å²) in [5.74, 6) is 2.45. The highest BCUT2D eigenvalue weighted by molar-refractivity contribution is 5.81. The van der Waals surface area contributed by atoms with Crippen molar-refractivity contribution in [2.24, 2.45) is 0 Å². The van der Waals surface area contributed by atoms with Crippen molar-refractivity contribution >= 4 is 17.5 Å². The van der Waals surface area contributed by atoms with Crippen LogP contribution in [0.5, 0.6) is 0 Å². The summed E-state index contributed by atoms with van der Waals surface area (Å²) in [5.41, 5.74) is 0. The fourth-order valence-electron chi connectivity index (χ4n) is 1.62. The van der Waals surface area contributed by atoms with Gasteiger partial charge in [-0.25, -0.2) is 9.97 Å². The van der Waals surface area contributed by atoms with Crippen LogP contribution >= 0.6 is 0 Å². The quantitative estimate of drug-likeness (QED) is 0.721. The van der Waals surface area contributed by atoms with Crippen LogP contribution in [0.3, 0.4) is 0 Å². The molecule has 1 fully saturated rings. The van der Waals surface area contributed by atoms with Crippen LogP contribution in [-0.2, 0) is 4.79 Å². The molecule has 1 aliphatic rings. The first-order valence-electron chi connectivity index (χ1n) is 6.68. The Bertz CT molecular complexity index is 456. The van der Waals surface area contributed by atoms with E-state index in [0.29, 0.717) is 11.9 Å². The standard InChI is InChI=1S/C13H21N5O/c1-8(2)13-17-10(14-3)6-11(18-13)15-7-12(19)16-9-4-5-9/h6,8-9H,4-5,7H2,1-3H3,(H,16,19)(H2,14,15,17,18). The third kappa shape index (κ3) is 4.08. The molecule has 104 valence electrons. The van der Waals surface area contributed by atoms with Crippen LogP contribution < -0.4 is 16.0 Å². The first kappa shape index (κ1) is 13.6. The van der Waals surface area contributed by atoms with E-state index in [1.165, 1.54) is 0 Å². The number of aromatic nitrogens is 2. The van der Waals surface area contributed by atoms with Crippen LogP contribution in [0.4, 0.5) is 11.6 Å². The SMILES string of the molecule is CNc1cc(NCC(=O)NC2CC2)nc(C(C)C)n1. The molecule has 0 bridgehead atoms. The summed E-state index contributed by atoms with van der Waals surface area (Å²) in [5, 5.41) is 8.97. The maximum absolute atomic E-state index is 11.6. The molecule has 0 unspecified atom stereocenters. The summed E-state index contributed by atoms with van der Waals surface area (Å²) in [4.78, 5) is 20.4. The van der Waals surface area contributed by atoms with Gasteiger partial charge in [0.2, 0.25) is 5.91 Å². The second kappa shape index (κ2) is 5.86. The van der Waals surface area contributed by atoms with Gasteiger partial charge in [-0.3, -0.25) is 4.79 Å². The van der Waals surface area contributed by atoms with E-state index in [1.54, 1.807) is 6.07 Å². The van der Waals surface area contributed by atoms with Gasteiger partial charge in [-0.05, 0) is 12.8 Å². The molecule has 6 nitrogen and oxygen atoms in total. The summed E-state index contributed by atoms with van der Waals surface area (Å²) in [6.45, 7) is 4.32. The molecule has 3 N–H and O–H groups in total. The minimum atomic E-state index is 0.0122. The van der Waals surface area contributed by atoms with Crippen LogP contribution in [0.1, 0.15) is 38.4 Å². The van der Waals surface area contributed by atoms with Crippen molar-refractivity contribution in [3.63, 3.8) is 0 Å². The fourth-order valence-corrected chi connectivity index (χ4v) is 1.62. The Morgan fingerprint density at radius 1 is 1.37 bits per heavy atom. The largest absolute Gasteiger partial charge is 0.373 e. The Labute approximate surface area is 113 Å². The van der Waals surface area contributed by atoms with E-state index in [4.69, 9.17) is 0 Å². The summed E-state index contributed by atoms with van der Waals surface area (Å²) >= 11 is 0. The smallest absolute Gasteiger partial charge is 0.239 e. The molecule has 0 saturated heterocycles. The van der Waals surface area contributed by atoms with Gasteiger partial charge in [-0.2, -0.15) is 0 Å². The van der Waals surface area contributed by atoms with Gasteiger partial charge < -0.3 is 16.0 Å². The Balaban J connectivity index is 1.97. The van der Waals surface area contributed by atoms with Crippen molar-refractivity contribution in [1.29, 1.82) is 0 Å². The highest BCUT2D eigenvalue weighted by Gasteiger charge is 2.22. The predicted molar refractivity (Wildman–Crippen MR) is 75.3 cm³/mol. The van der Waals surface area contributed by atoms with Gasteiger partial charge in [0.15, 0.2) is 0 Å². The second-order valence-electron chi connectivity index (χ2n) is 5.10. The highest BCUT2D eigenvalue weighted by atomic mass is 16.2. The fraction of sp³-hybridized carbons (Fsp3) is 0.615. The van der Waals surface area contributed by atoms with E-state index < -0.39 is 0 Å². The molecule has 19 heavy (non-hydrogen) atoms. The van der Waals surface area contributed by atoms with E-state index in [1.807, 2.05) is 20.9 Å². The van der Waals surface area contributed by atoms with E-state index in [-0.39, 0.29) is 18.4 Å². The van der Waals surface area contributed by atoms with Gasteiger partial charge in [0, 0.05) is 25.1 Å². The van der Waals surface area contributed by atoms with Crippen LogP contribution in [0.15, 0.2) is 6.07 Å². The van der Waals surface area contributed by atoms with Gasteiger partial charge in [-0.15, -0.1) is 0 Å². The first-order chi connectivity index (χ1) is 9.08. The van der Waals surface area contributed by atoms with Crippen LogP contribution in [-0.4, -0.2) is 35.5 Å². The van der Waals surface area contributed by atoms with E-state index in [2.05, 4.69) is 25.9 Å². The lowest BCUT2D eigenvalue weighted by Gasteiger charge is -2.11. The number of hydrogen-bond acceptors (Lipinski definition) is 5. The number of amides is 1. The van der Waals surface area contributed by atoms with Crippen molar-refractivity contribution in [3.05, 3.63) is 11.9 Å². The van der Waals surface area contributed by atoms with E-state index >= 15 is 0 Å². The number of anilines is 2. The van der Waals surface area contributed by atoms with Gasteiger partial charge in [-0.1, -0.05) is 13.8 Å². The zero-order valence-electron chi connectivity index (χ0n) is 11.7. The third-order valence-electron chi connectivity index (χ3n) is 2.89. The maximum Gasteiger partial charge on any atom is 0.239 e. The average molecular weight is 263 g/mol. The molecule has 0 spiro atoms. The molecule has 0 atom stereocenters. The minimum Gasteiger partial charge on any atom is -0.373 e. The van der Waals surface area contributed by atoms with Crippen LogP contribution in [0, 0.1) is 0 Å². The molecule has 2 rings (SSSR count).